The summed E-state index contributed by atoms with van der Waals surface area (Å²) < 4.78 is 7.22. The van der Waals surface area contributed by atoms with E-state index in [1.54, 1.807) is 0 Å². The van der Waals surface area contributed by atoms with Crippen molar-refractivity contribution in [3.63, 3.8) is 0 Å². The largest absolute Gasteiger partial charge is 0.464 e. The number of hydroxylamine groups is 2. The van der Waals surface area contributed by atoms with E-state index in [1.807, 2.05) is 0 Å². The van der Waals surface area contributed by atoms with Crippen LogP contribution in [0.1, 0.15) is 20.8 Å². The lowest BCUT2D eigenvalue weighted by atomic mass is 9.97. The van der Waals surface area contributed by atoms with Crippen LogP contribution in [0.2, 0.25) is 0 Å². The van der Waals surface area contributed by atoms with Crippen LogP contribution >= 0.6 is 34.8 Å². The fourth-order valence-electron chi connectivity index (χ4n) is 1.04. The van der Waals surface area contributed by atoms with Gasteiger partial charge in [-0.3, -0.25) is 10.0 Å². The summed E-state index contributed by atoms with van der Waals surface area (Å²) in [6.45, 7) is 2.79. The van der Waals surface area contributed by atoms with Gasteiger partial charge in [-0.1, -0.05) is 34.8 Å². The third-order valence-corrected chi connectivity index (χ3v) is 2.64. The molecule has 7 nitrogen and oxygen atoms in total. The molecule has 10 heteroatoms. The Kier molecular flexibility index (Phi) is 7.03. The number of hydrogen-bond donors (Lipinski definition) is 1. The quantitative estimate of drug-likeness (QED) is 0.268. The van der Waals surface area contributed by atoms with E-state index in [9.17, 15) is 19.6 Å². The Morgan fingerprint density at radius 1 is 1.20 bits per heavy atom. The summed E-state index contributed by atoms with van der Waals surface area (Å²) in [6.07, 6.45) is -1.43. The molecule has 0 saturated carbocycles. The van der Waals surface area contributed by atoms with Crippen molar-refractivity contribution in [1.29, 1.82) is 0 Å². The molecule has 0 aliphatic rings. The van der Waals surface area contributed by atoms with Crippen molar-refractivity contribution in [3.05, 3.63) is 0 Å². The molecule has 0 aliphatic carbocycles. The molecule has 0 saturated heterocycles. The molecule has 0 aromatic heterocycles. The Hall–Kier alpha value is -0.760. The van der Waals surface area contributed by atoms with E-state index in [1.165, 1.54) is 6.92 Å². The van der Waals surface area contributed by atoms with Gasteiger partial charge < -0.3 is 9.47 Å². The van der Waals surface area contributed by atoms with Crippen LogP contribution in [0.25, 0.3) is 0 Å². The lowest BCUT2D eigenvalue weighted by Crippen LogP contribution is -2.59. The van der Waals surface area contributed by atoms with Gasteiger partial charge in [0, 0.05) is 0 Å². The summed E-state index contributed by atoms with van der Waals surface area (Å²) in [7, 11) is 0. The average molecular weight is 351 g/mol. The van der Waals surface area contributed by atoms with Crippen LogP contribution in [0.5, 0.6) is 0 Å². The second kappa shape index (κ2) is 7.31. The van der Waals surface area contributed by atoms with E-state index < -0.39 is 33.8 Å². The Balaban J connectivity index is 5.07. The van der Waals surface area contributed by atoms with Crippen molar-refractivity contribution >= 4 is 52.6 Å². The normalized spacial score (nSPS) is 14.2. The third kappa shape index (κ3) is 4.97. The molecule has 0 radical (unpaired) electrons. The minimum absolute atomic E-state index is 0.0429. The Morgan fingerprint density at radius 3 is 2.05 bits per heavy atom. The van der Waals surface area contributed by atoms with Crippen LogP contribution in [0, 0.1) is 0 Å². The predicted molar refractivity (Wildman–Crippen MR) is 71.0 cm³/mol. The summed E-state index contributed by atoms with van der Waals surface area (Å²) in [4.78, 5) is 34.8. The topological polar surface area (TPSA) is 93.1 Å². The van der Waals surface area contributed by atoms with E-state index in [4.69, 9.17) is 34.8 Å². The first-order chi connectivity index (χ1) is 8.96. The van der Waals surface area contributed by atoms with Crippen molar-refractivity contribution in [2.45, 2.75) is 30.1 Å². The summed E-state index contributed by atoms with van der Waals surface area (Å²) >= 11 is 16.1. The van der Waals surface area contributed by atoms with Crippen LogP contribution in [-0.2, 0) is 19.1 Å². The van der Waals surface area contributed by atoms with Crippen molar-refractivity contribution in [2.24, 2.45) is 0 Å². The molecule has 1 unspecified atom stereocenters. The van der Waals surface area contributed by atoms with Gasteiger partial charge in [0.2, 0.25) is 9.33 Å². The van der Waals surface area contributed by atoms with Crippen molar-refractivity contribution < 1.29 is 29.1 Å². The summed E-state index contributed by atoms with van der Waals surface area (Å²) in [5, 5.41) is 9.52. The number of carbonyl (C=O) groups excluding carboxylic acids is 3. The number of alkyl halides is 3. The number of esters is 1. The molecule has 0 fully saturated rings. The Bertz CT molecular complexity index is 397. The highest BCUT2D eigenvalue weighted by molar-refractivity contribution is 6.67. The second-order valence-electron chi connectivity index (χ2n) is 3.83. The second-order valence-corrected chi connectivity index (χ2v) is 6.35. The number of nitrogens with zero attached hydrogens (tertiary/aromatic N) is 1. The van der Waals surface area contributed by atoms with Crippen LogP contribution in [0.3, 0.4) is 0 Å². The molecule has 0 bridgehead atoms. The highest BCUT2D eigenvalue weighted by atomic mass is 35.6. The van der Waals surface area contributed by atoms with Gasteiger partial charge in [-0.25, -0.2) is 9.59 Å². The standard InChI is InChI=1S/C10H14Cl3NO6/c1-4-19-7(16)9(3,6(2)15)14(18)8(17)20-5-10(11,12)13/h18H,4-5H2,1-3H3. The Morgan fingerprint density at radius 2 is 1.70 bits per heavy atom. The lowest BCUT2D eigenvalue weighted by Gasteiger charge is -2.31. The molecular weight excluding hydrogens is 336 g/mol. The molecule has 1 atom stereocenters. The van der Waals surface area contributed by atoms with Crippen LogP contribution < -0.4 is 0 Å². The molecule has 0 heterocycles. The maximum Gasteiger partial charge on any atom is 0.435 e. The zero-order chi connectivity index (χ0) is 16.1. The summed E-state index contributed by atoms with van der Waals surface area (Å²) in [5.41, 5.74) is -2.25. The fraction of sp³-hybridized carbons (Fsp3) is 0.700. The molecule has 0 aromatic carbocycles. The number of Topliss-reactive ketones (excluding diaryl/α,β-unsaturated/α-hetero) is 1. The van der Waals surface area contributed by atoms with Gasteiger partial charge in [0.1, 0.15) is 6.61 Å². The molecule has 0 aliphatic heterocycles. The lowest BCUT2D eigenvalue weighted by molar-refractivity contribution is -0.187. The molecule has 0 spiro atoms. The number of carbonyl (C=O) groups is 3. The number of amides is 1. The van der Waals surface area contributed by atoms with Gasteiger partial charge in [-0.2, -0.15) is 5.06 Å². The van der Waals surface area contributed by atoms with Gasteiger partial charge in [0.05, 0.1) is 6.61 Å². The summed E-state index contributed by atoms with van der Waals surface area (Å²) in [5.74, 6) is -1.94. The fourth-order valence-corrected chi connectivity index (χ4v) is 1.20. The van der Waals surface area contributed by atoms with E-state index in [0.29, 0.717) is 0 Å². The molecule has 1 amide bonds. The summed E-state index contributed by atoms with van der Waals surface area (Å²) in [6, 6.07) is 0. The molecular formula is C10H14Cl3NO6. The van der Waals surface area contributed by atoms with E-state index in [2.05, 4.69) is 9.47 Å². The highest BCUT2D eigenvalue weighted by Crippen LogP contribution is 2.27. The Labute approximate surface area is 130 Å². The molecule has 0 rings (SSSR count). The van der Waals surface area contributed by atoms with E-state index in [-0.39, 0.29) is 11.7 Å². The number of hydrogen-bond acceptors (Lipinski definition) is 6. The molecule has 0 aromatic rings. The highest BCUT2D eigenvalue weighted by Gasteiger charge is 2.49. The van der Waals surface area contributed by atoms with Crippen LogP contribution in [-0.4, -0.2) is 50.7 Å². The number of halogens is 3. The SMILES string of the molecule is CCOC(=O)C(C)(C(C)=O)N(O)C(=O)OCC(Cl)(Cl)Cl. The van der Waals surface area contributed by atoms with Crippen LogP contribution in [0.4, 0.5) is 4.79 Å². The maximum absolute atomic E-state index is 11.7. The van der Waals surface area contributed by atoms with Crippen molar-refractivity contribution in [1.82, 2.24) is 5.06 Å². The van der Waals surface area contributed by atoms with Crippen molar-refractivity contribution in [3.8, 4) is 0 Å². The first-order valence-electron chi connectivity index (χ1n) is 5.37. The van der Waals surface area contributed by atoms with Gasteiger partial charge >= 0.3 is 12.1 Å². The zero-order valence-electron chi connectivity index (χ0n) is 11.0. The van der Waals surface area contributed by atoms with E-state index in [0.717, 1.165) is 13.8 Å². The monoisotopic (exact) mass is 349 g/mol. The first-order valence-corrected chi connectivity index (χ1v) is 6.51. The number of rotatable bonds is 5. The van der Waals surface area contributed by atoms with Gasteiger partial charge in [-0.05, 0) is 20.8 Å². The minimum Gasteiger partial charge on any atom is -0.464 e. The number of ether oxygens (including phenoxy) is 2. The third-order valence-electron chi connectivity index (χ3n) is 2.31. The molecule has 20 heavy (non-hydrogen) atoms. The minimum atomic E-state index is -2.25. The maximum atomic E-state index is 11.7. The average Bonchev–Trinajstić information content (AvgIpc) is 2.32. The molecule has 1 N–H and O–H groups in total. The predicted octanol–water partition coefficient (Wildman–Crippen LogP) is 2.10. The number of ketones is 1. The molecule has 116 valence electrons. The van der Waals surface area contributed by atoms with Crippen molar-refractivity contribution in [2.75, 3.05) is 13.2 Å². The smallest absolute Gasteiger partial charge is 0.435 e. The van der Waals surface area contributed by atoms with E-state index >= 15 is 0 Å². The first kappa shape index (κ1) is 19.2. The van der Waals surface area contributed by atoms with Gasteiger partial charge in [-0.15, -0.1) is 0 Å². The van der Waals surface area contributed by atoms with Gasteiger partial charge in [0.25, 0.3) is 0 Å². The van der Waals surface area contributed by atoms with Crippen LogP contribution in [0.15, 0.2) is 0 Å². The van der Waals surface area contributed by atoms with Gasteiger partial charge in [0.15, 0.2) is 5.78 Å². The zero-order valence-corrected chi connectivity index (χ0v) is 13.3.